The largest absolute Gasteiger partial charge is 0.416 e. The van der Waals surface area contributed by atoms with Crippen molar-refractivity contribution in [1.29, 1.82) is 0 Å². The molecule has 2 nitrogen and oxygen atoms in total. The van der Waals surface area contributed by atoms with Gasteiger partial charge >= 0.3 is 6.18 Å². The predicted molar refractivity (Wildman–Crippen MR) is 42.0 cm³/mol. The lowest BCUT2D eigenvalue weighted by atomic mass is 10.2. The van der Waals surface area contributed by atoms with Crippen LogP contribution in [0.3, 0.4) is 0 Å². The van der Waals surface area contributed by atoms with Crippen LogP contribution >= 0.6 is 0 Å². The summed E-state index contributed by atoms with van der Waals surface area (Å²) in [5, 5.41) is 4.93. The molecule has 1 atom stereocenters. The van der Waals surface area contributed by atoms with Crippen molar-refractivity contribution < 1.29 is 17.4 Å². The van der Waals surface area contributed by atoms with Gasteiger partial charge in [0.25, 0.3) is 0 Å². The molecular formula is C7H6F3NOS. The maximum atomic E-state index is 12.1. The highest BCUT2D eigenvalue weighted by atomic mass is 32.2. The smallest absolute Gasteiger partial charge is 0.248 e. The van der Waals surface area contributed by atoms with Crippen LogP contribution < -0.4 is 5.14 Å². The van der Waals surface area contributed by atoms with E-state index < -0.39 is 22.7 Å². The normalized spacial score (nSPS) is 14.2. The summed E-state index contributed by atoms with van der Waals surface area (Å²) in [5.74, 6) is 0. The quantitative estimate of drug-likeness (QED) is 0.751. The predicted octanol–water partition coefficient (Wildman–Crippen LogP) is 1.69. The summed E-state index contributed by atoms with van der Waals surface area (Å²) in [6, 6.07) is 4.13. The van der Waals surface area contributed by atoms with Crippen molar-refractivity contribution in [2.45, 2.75) is 11.1 Å². The highest BCUT2D eigenvalue weighted by Crippen LogP contribution is 2.29. The SMILES string of the molecule is N[S@](=O)c1cccc(C(F)(F)F)c1. The summed E-state index contributed by atoms with van der Waals surface area (Å²) in [4.78, 5) is -0.0326. The van der Waals surface area contributed by atoms with E-state index in [1.165, 1.54) is 12.1 Å². The zero-order chi connectivity index (χ0) is 10.1. The van der Waals surface area contributed by atoms with Crippen LogP contribution in [0, 0.1) is 0 Å². The molecule has 0 radical (unpaired) electrons. The Balaban J connectivity index is 3.13. The van der Waals surface area contributed by atoms with Gasteiger partial charge in [-0.15, -0.1) is 0 Å². The monoisotopic (exact) mass is 209 g/mol. The Morgan fingerprint density at radius 1 is 1.31 bits per heavy atom. The lowest BCUT2D eigenvalue weighted by Gasteiger charge is -2.06. The lowest BCUT2D eigenvalue weighted by molar-refractivity contribution is -0.137. The maximum Gasteiger partial charge on any atom is 0.416 e. The van der Waals surface area contributed by atoms with Crippen LogP contribution in [0.2, 0.25) is 0 Å². The van der Waals surface area contributed by atoms with Crippen LogP contribution in [0.4, 0.5) is 13.2 Å². The first-order valence-electron chi connectivity index (χ1n) is 3.24. The van der Waals surface area contributed by atoms with E-state index in [9.17, 15) is 17.4 Å². The van der Waals surface area contributed by atoms with Crippen LogP contribution in [0.1, 0.15) is 5.56 Å². The van der Waals surface area contributed by atoms with Crippen molar-refractivity contribution in [3.8, 4) is 0 Å². The van der Waals surface area contributed by atoms with E-state index in [0.717, 1.165) is 12.1 Å². The van der Waals surface area contributed by atoms with E-state index in [1.807, 2.05) is 0 Å². The Hall–Kier alpha value is -0.880. The zero-order valence-corrected chi connectivity index (χ0v) is 7.15. The van der Waals surface area contributed by atoms with Crippen LogP contribution in [0.15, 0.2) is 29.2 Å². The third-order valence-electron chi connectivity index (χ3n) is 1.39. The minimum Gasteiger partial charge on any atom is -0.248 e. The minimum absolute atomic E-state index is 0.0326. The summed E-state index contributed by atoms with van der Waals surface area (Å²) in [6.45, 7) is 0. The lowest BCUT2D eigenvalue weighted by Crippen LogP contribution is -2.08. The number of hydrogen-bond donors (Lipinski definition) is 1. The molecule has 0 unspecified atom stereocenters. The molecule has 0 saturated carbocycles. The van der Waals surface area contributed by atoms with Gasteiger partial charge in [0.1, 0.15) is 11.0 Å². The molecule has 0 saturated heterocycles. The molecule has 1 rings (SSSR count). The standard InChI is InChI=1S/C7H6F3NOS/c8-7(9,10)5-2-1-3-6(4-5)13(11)12/h1-4H,11H2/t13-/m1/s1. The zero-order valence-electron chi connectivity index (χ0n) is 6.34. The van der Waals surface area contributed by atoms with E-state index in [0.29, 0.717) is 0 Å². The number of rotatable bonds is 1. The number of nitrogens with two attached hydrogens (primary N) is 1. The van der Waals surface area contributed by atoms with Crippen molar-refractivity contribution in [2.24, 2.45) is 5.14 Å². The average molecular weight is 209 g/mol. The summed E-state index contributed by atoms with van der Waals surface area (Å²) in [5.41, 5.74) is -0.844. The van der Waals surface area contributed by atoms with E-state index in [1.54, 1.807) is 0 Å². The van der Waals surface area contributed by atoms with Gasteiger partial charge in [-0.1, -0.05) is 6.07 Å². The van der Waals surface area contributed by atoms with Crippen molar-refractivity contribution in [3.05, 3.63) is 29.8 Å². The molecule has 2 N–H and O–H groups in total. The third-order valence-corrected chi connectivity index (χ3v) is 2.11. The fourth-order valence-corrected chi connectivity index (χ4v) is 1.25. The molecule has 0 aliphatic rings. The van der Waals surface area contributed by atoms with Crippen molar-refractivity contribution in [1.82, 2.24) is 0 Å². The molecule has 0 bridgehead atoms. The topological polar surface area (TPSA) is 43.1 Å². The number of benzene rings is 1. The summed E-state index contributed by atoms with van der Waals surface area (Å²) in [6.07, 6.45) is -4.42. The molecule has 1 aromatic carbocycles. The number of hydrogen-bond acceptors (Lipinski definition) is 1. The van der Waals surface area contributed by atoms with E-state index in [2.05, 4.69) is 0 Å². The Morgan fingerprint density at radius 2 is 1.92 bits per heavy atom. The van der Waals surface area contributed by atoms with Gasteiger partial charge in [0.15, 0.2) is 0 Å². The van der Waals surface area contributed by atoms with Crippen molar-refractivity contribution >= 4 is 11.0 Å². The summed E-state index contributed by atoms with van der Waals surface area (Å²) < 4.78 is 46.9. The number of alkyl halides is 3. The highest BCUT2D eigenvalue weighted by Gasteiger charge is 2.30. The molecule has 0 aliphatic carbocycles. The summed E-state index contributed by atoms with van der Waals surface area (Å²) >= 11 is 0. The van der Waals surface area contributed by atoms with E-state index in [-0.39, 0.29) is 4.90 Å². The molecule has 0 aliphatic heterocycles. The van der Waals surface area contributed by atoms with E-state index in [4.69, 9.17) is 5.14 Å². The Kier molecular flexibility index (Phi) is 2.72. The van der Waals surface area contributed by atoms with Gasteiger partial charge in [-0.05, 0) is 18.2 Å². The highest BCUT2D eigenvalue weighted by molar-refractivity contribution is 7.82. The van der Waals surface area contributed by atoms with Gasteiger partial charge < -0.3 is 0 Å². The average Bonchev–Trinajstić information content (AvgIpc) is 2.03. The van der Waals surface area contributed by atoms with Gasteiger partial charge in [-0.25, -0.2) is 9.35 Å². The first-order chi connectivity index (χ1) is 5.91. The van der Waals surface area contributed by atoms with Gasteiger partial charge in [0, 0.05) is 0 Å². The maximum absolute atomic E-state index is 12.1. The van der Waals surface area contributed by atoms with Gasteiger partial charge in [-0.3, -0.25) is 0 Å². The molecule has 0 heterocycles. The second-order valence-electron chi connectivity index (χ2n) is 2.32. The van der Waals surface area contributed by atoms with Crippen LogP contribution in [0.5, 0.6) is 0 Å². The molecule has 1 aromatic rings. The fourth-order valence-electron chi connectivity index (χ4n) is 0.798. The van der Waals surface area contributed by atoms with Gasteiger partial charge in [0.05, 0.1) is 10.5 Å². The van der Waals surface area contributed by atoms with Crippen molar-refractivity contribution in [2.75, 3.05) is 0 Å². The number of halogens is 3. The minimum atomic E-state index is -4.42. The first-order valence-corrected chi connectivity index (χ1v) is 4.46. The van der Waals surface area contributed by atoms with Gasteiger partial charge in [0.2, 0.25) is 0 Å². The molecule has 0 spiro atoms. The molecular weight excluding hydrogens is 203 g/mol. The van der Waals surface area contributed by atoms with Crippen molar-refractivity contribution in [3.63, 3.8) is 0 Å². The molecule has 13 heavy (non-hydrogen) atoms. The van der Waals surface area contributed by atoms with E-state index >= 15 is 0 Å². The summed E-state index contributed by atoms with van der Waals surface area (Å²) in [7, 11) is -1.87. The van der Waals surface area contributed by atoms with Crippen LogP contribution in [-0.2, 0) is 17.2 Å². The molecule has 0 amide bonds. The molecule has 0 fully saturated rings. The third kappa shape index (κ3) is 2.53. The Labute approximate surface area is 75.1 Å². The first kappa shape index (κ1) is 10.2. The van der Waals surface area contributed by atoms with Crippen LogP contribution in [-0.4, -0.2) is 4.21 Å². The molecule has 0 aromatic heterocycles. The second-order valence-corrected chi connectivity index (χ2v) is 3.39. The Morgan fingerprint density at radius 3 is 2.38 bits per heavy atom. The second kappa shape index (κ2) is 3.47. The van der Waals surface area contributed by atoms with Crippen LogP contribution in [0.25, 0.3) is 0 Å². The molecule has 6 heteroatoms. The molecule has 72 valence electrons. The fraction of sp³-hybridized carbons (Fsp3) is 0.143. The Bertz CT molecular complexity index is 337. The van der Waals surface area contributed by atoms with Gasteiger partial charge in [-0.2, -0.15) is 13.2 Å².